The fraction of sp³-hybridized carbons (Fsp3) is 1.00. The minimum absolute atomic E-state index is 0.0822. The molecule has 0 bridgehead atoms. The molecule has 9 heavy (non-hydrogen) atoms. The molecule has 1 unspecified atom stereocenters. The molecule has 1 atom stereocenters. The van der Waals surface area contributed by atoms with Crippen molar-refractivity contribution in [2.24, 2.45) is 11.5 Å². The highest BCUT2D eigenvalue weighted by atomic mass is 32.2. The highest BCUT2D eigenvalue weighted by molar-refractivity contribution is 7.86. The maximum Gasteiger partial charge on any atom is 0.280 e. The van der Waals surface area contributed by atoms with Crippen LogP contribution in [0.4, 0.5) is 0 Å². The average molecular weight is 154 g/mol. The molecule has 0 amide bonds. The molecule has 0 aromatic rings. The lowest BCUT2D eigenvalue weighted by atomic mass is 10.4. The monoisotopic (exact) mass is 154 g/mol. The van der Waals surface area contributed by atoms with Gasteiger partial charge in [0.2, 0.25) is 0 Å². The van der Waals surface area contributed by atoms with Crippen LogP contribution in [0.5, 0.6) is 0 Å². The maximum absolute atomic E-state index is 10.1. The first-order valence-electron chi connectivity index (χ1n) is 2.40. The summed E-state index contributed by atoms with van der Waals surface area (Å²) in [6.07, 6.45) is 0.0822. The van der Waals surface area contributed by atoms with Crippen molar-refractivity contribution in [1.82, 2.24) is 0 Å². The Bertz CT molecular complexity index is 164. The van der Waals surface area contributed by atoms with Crippen LogP contribution in [0.3, 0.4) is 0 Å². The van der Waals surface area contributed by atoms with Gasteiger partial charge in [0.05, 0.1) is 0 Å². The minimum Gasteiger partial charge on any atom is -0.330 e. The average Bonchev–Trinajstić information content (AvgIpc) is 1.64. The van der Waals surface area contributed by atoms with Gasteiger partial charge in [-0.25, -0.2) is 0 Å². The summed E-state index contributed by atoms with van der Waals surface area (Å²) in [7, 11) is -4.07. The van der Waals surface area contributed by atoms with Gasteiger partial charge in [-0.1, -0.05) is 0 Å². The van der Waals surface area contributed by atoms with E-state index in [1.54, 1.807) is 0 Å². The van der Waals surface area contributed by atoms with Gasteiger partial charge in [0.25, 0.3) is 10.1 Å². The Balaban J connectivity index is 3.90. The summed E-state index contributed by atoms with van der Waals surface area (Å²) in [5.41, 5.74) is 9.91. The summed E-state index contributed by atoms with van der Waals surface area (Å²) in [4.78, 5) is 0. The maximum atomic E-state index is 10.1. The van der Waals surface area contributed by atoms with Gasteiger partial charge in [-0.2, -0.15) is 8.42 Å². The number of nitrogens with two attached hydrogens (primary N) is 2. The number of rotatable bonds is 3. The van der Waals surface area contributed by atoms with Gasteiger partial charge in [-0.05, 0) is 13.0 Å². The molecule has 0 rings (SSSR count). The summed E-state index contributed by atoms with van der Waals surface area (Å²) in [6.45, 7) is 0.154. The highest BCUT2D eigenvalue weighted by Crippen LogP contribution is 1.93. The Morgan fingerprint density at radius 1 is 1.56 bits per heavy atom. The standard InChI is InChI=1S/C3H10N2O3S/c4-2-1-3(5)9(6,7)8/h3H,1-2,4-5H2,(H,6,7,8). The third-order valence-electron chi connectivity index (χ3n) is 0.834. The Hall–Kier alpha value is -0.170. The molecule has 56 valence electrons. The Morgan fingerprint density at radius 2 is 2.00 bits per heavy atom. The molecule has 0 aliphatic rings. The molecule has 0 heterocycles. The van der Waals surface area contributed by atoms with E-state index in [-0.39, 0.29) is 13.0 Å². The first-order chi connectivity index (χ1) is 3.98. The largest absolute Gasteiger partial charge is 0.330 e. The molecular weight excluding hydrogens is 144 g/mol. The van der Waals surface area contributed by atoms with E-state index >= 15 is 0 Å². The SMILES string of the molecule is NCCC(N)S(=O)(=O)O. The fourth-order valence-electron chi connectivity index (χ4n) is 0.313. The summed E-state index contributed by atoms with van der Waals surface area (Å²) in [5.74, 6) is 0. The number of hydrogen-bond donors (Lipinski definition) is 3. The lowest BCUT2D eigenvalue weighted by Gasteiger charge is -2.03. The summed E-state index contributed by atoms with van der Waals surface area (Å²) < 4.78 is 28.4. The molecule has 0 aliphatic carbocycles. The van der Waals surface area contributed by atoms with Crippen molar-refractivity contribution in [2.45, 2.75) is 11.8 Å². The smallest absolute Gasteiger partial charge is 0.280 e. The van der Waals surface area contributed by atoms with E-state index in [1.807, 2.05) is 0 Å². The van der Waals surface area contributed by atoms with Crippen LogP contribution in [0.1, 0.15) is 6.42 Å². The second kappa shape index (κ2) is 3.11. The zero-order valence-corrected chi connectivity index (χ0v) is 5.63. The van der Waals surface area contributed by atoms with Crippen molar-refractivity contribution in [3.63, 3.8) is 0 Å². The molecule has 0 saturated heterocycles. The van der Waals surface area contributed by atoms with E-state index in [0.29, 0.717) is 0 Å². The van der Waals surface area contributed by atoms with Crippen LogP contribution in [-0.4, -0.2) is 24.9 Å². The van der Waals surface area contributed by atoms with Crippen molar-refractivity contribution in [2.75, 3.05) is 6.54 Å². The van der Waals surface area contributed by atoms with E-state index in [0.717, 1.165) is 0 Å². The molecule has 0 aliphatic heterocycles. The summed E-state index contributed by atoms with van der Waals surface area (Å²) in [6, 6.07) is 0. The van der Waals surface area contributed by atoms with Gasteiger partial charge in [0.1, 0.15) is 5.37 Å². The van der Waals surface area contributed by atoms with Gasteiger partial charge in [0.15, 0.2) is 0 Å². The normalized spacial score (nSPS) is 15.4. The molecule has 0 aromatic heterocycles. The molecule has 0 saturated carbocycles. The first kappa shape index (κ1) is 8.83. The third-order valence-corrected chi connectivity index (χ3v) is 1.83. The predicted octanol–water partition coefficient (Wildman–Crippen LogP) is -1.49. The van der Waals surface area contributed by atoms with Gasteiger partial charge >= 0.3 is 0 Å². The highest BCUT2D eigenvalue weighted by Gasteiger charge is 2.15. The van der Waals surface area contributed by atoms with E-state index in [9.17, 15) is 8.42 Å². The van der Waals surface area contributed by atoms with E-state index in [4.69, 9.17) is 16.0 Å². The lowest BCUT2D eigenvalue weighted by molar-refractivity contribution is 0.464. The van der Waals surface area contributed by atoms with Gasteiger partial charge < -0.3 is 11.5 Å². The minimum atomic E-state index is -4.07. The van der Waals surface area contributed by atoms with Crippen molar-refractivity contribution in [3.05, 3.63) is 0 Å². The van der Waals surface area contributed by atoms with Crippen molar-refractivity contribution < 1.29 is 13.0 Å². The molecule has 0 fully saturated rings. The quantitative estimate of drug-likeness (QED) is 0.429. The van der Waals surface area contributed by atoms with Crippen LogP contribution < -0.4 is 11.5 Å². The molecular formula is C3H10N2O3S. The van der Waals surface area contributed by atoms with Crippen LogP contribution in [0, 0.1) is 0 Å². The van der Waals surface area contributed by atoms with Crippen LogP contribution in [0.25, 0.3) is 0 Å². The van der Waals surface area contributed by atoms with Crippen molar-refractivity contribution >= 4 is 10.1 Å². The van der Waals surface area contributed by atoms with E-state index in [2.05, 4.69) is 0 Å². The van der Waals surface area contributed by atoms with Crippen molar-refractivity contribution in [1.29, 1.82) is 0 Å². The lowest BCUT2D eigenvalue weighted by Crippen LogP contribution is -2.32. The molecule has 5 N–H and O–H groups in total. The first-order valence-corrected chi connectivity index (χ1v) is 3.90. The van der Waals surface area contributed by atoms with Crippen LogP contribution in [0.15, 0.2) is 0 Å². The predicted molar refractivity (Wildman–Crippen MR) is 33.2 cm³/mol. The number of hydrogen-bond acceptors (Lipinski definition) is 4. The Kier molecular flexibility index (Phi) is 3.06. The van der Waals surface area contributed by atoms with Crippen LogP contribution >= 0.6 is 0 Å². The van der Waals surface area contributed by atoms with E-state index in [1.165, 1.54) is 0 Å². The van der Waals surface area contributed by atoms with Crippen molar-refractivity contribution in [3.8, 4) is 0 Å². The molecule has 0 radical (unpaired) electrons. The molecule has 6 heteroatoms. The van der Waals surface area contributed by atoms with Gasteiger partial charge in [0, 0.05) is 0 Å². The molecule has 0 spiro atoms. The van der Waals surface area contributed by atoms with Gasteiger partial charge in [-0.3, -0.25) is 4.55 Å². The second-order valence-electron chi connectivity index (χ2n) is 1.63. The van der Waals surface area contributed by atoms with Crippen LogP contribution in [0.2, 0.25) is 0 Å². The Morgan fingerprint density at radius 3 is 2.11 bits per heavy atom. The Labute approximate surface area is 53.8 Å². The van der Waals surface area contributed by atoms with Crippen LogP contribution in [-0.2, 0) is 10.1 Å². The topological polar surface area (TPSA) is 106 Å². The zero-order chi connectivity index (χ0) is 7.49. The second-order valence-corrected chi connectivity index (χ2v) is 3.27. The van der Waals surface area contributed by atoms with Gasteiger partial charge in [-0.15, -0.1) is 0 Å². The summed E-state index contributed by atoms with van der Waals surface area (Å²) in [5, 5.41) is -1.23. The zero-order valence-electron chi connectivity index (χ0n) is 4.82. The fourth-order valence-corrected chi connectivity index (χ4v) is 0.747. The summed E-state index contributed by atoms with van der Waals surface area (Å²) >= 11 is 0. The van der Waals surface area contributed by atoms with E-state index < -0.39 is 15.5 Å². The molecule has 0 aromatic carbocycles. The molecule has 5 nitrogen and oxygen atoms in total. The third kappa shape index (κ3) is 3.41.